The lowest BCUT2D eigenvalue weighted by Gasteiger charge is -2.46. The lowest BCUT2D eigenvalue weighted by Crippen LogP contribution is -2.57. The topological polar surface area (TPSA) is 15.3 Å². The third kappa shape index (κ3) is 2.73. The Labute approximate surface area is 94.4 Å². The van der Waals surface area contributed by atoms with Crippen LogP contribution in [0.4, 0.5) is 0 Å². The van der Waals surface area contributed by atoms with Crippen molar-refractivity contribution < 1.29 is 0 Å². The van der Waals surface area contributed by atoms with E-state index in [1.165, 1.54) is 45.4 Å². The molecule has 0 aromatic carbocycles. The molecule has 3 aliphatic heterocycles. The third-order valence-electron chi connectivity index (χ3n) is 4.46. The second kappa shape index (κ2) is 4.42. The Balaban J connectivity index is 1.80. The van der Waals surface area contributed by atoms with Gasteiger partial charge in [0.1, 0.15) is 0 Å². The summed E-state index contributed by atoms with van der Waals surface area (Å²) in [5.41, 5.74) is 0.464. The van der Waals surface area contributed by atoms with Crippen molar-refractivity contribution in [3.05, 3.63) is 0 Å². The summed E-state index contributed by atoms with van der Waals surface area (Å²) >= 11 is 0. The summed E-state index contributed by atoms with van der Waals surface area (Å²) in [6.07, 6.45) is 4.11. The fraction of sp³-hybridized carbons (Fsp3) is 1.00. The van der Waals surface area contributed by atoms with Crippen molar-refractivity contribution in [1.29, 1.82) is 0 Å². The van der Waals surface area contributed by atoms with Gasteiger partial charge in [0.05, 0.1) is 0 Å². The van der Waals surface area contributed by atoms with Crippen molar-refractivity contribution in [3.63, 3.8) is 0 Å². The molecular weight excluding hydrogens is 184 g/mol. The van der Waals surface area contributed by atoms with Gasteiger partial charge in [0.25, 0.3) is 0 Å². The maximum atomic E-state index is 3.80. The minimum absolute atomic E-state index is 0.464. The standard InChI is InChI=1S/C13H26N2/c1-4-13(2,3)10-14-12-9-15-7-5-11(12)6-8-15/h11-12,14H,4-10H2,1-3H3. The fourth-order valence-electron chi connectivity index (χ4n) is 2.73. The van der Waals surface area contributed by atoms with E-state index in [4.69, 9.17) is 0 Å². The van der Waals surface area contributed by atoms with Crippen LogP contribution in [0.25, 0.3) is 0 Å². The molecule has 0 aliphatic carbocycles. The zero-order chi connectivity index (χ0) is 10.9. The predicted molar refractivity (Wildman–Crippen MR) is 65.0 cm³/mol. The maximum absolute atomic E-state index is 3.80. The molecule has 3 saturated heterocycles. The van der Waals surface area contributed by atoms with Crippen LogP contribution in [0.5, 0.6) is 0 Å². The highest BCUT2D eigenvalue weighted by Crippen LogP contribution is 2.28. The van der Waals surface area contributed by atoms with Gasteiger partial charge in [-0.15, -0.1) is 0 Å². The molecule has 3 heterocycles. The molecule has 0 spiro atoms. The van der Waals surface area contributed by atoms with Gasteiger partial charge in [-0.1, -0.05) is 20.8 Å². The average Bonchev–Trinajstić information content (AvgIpc) is 2.28. The van der Waals surface area contributed by atoms with Gasteiger partial charge in [0.2, 0.25) is 0 Å². The zero-order valence-corrected chi connectivity index (χ0v) is 10.6. The van der Waals surface area contributed by atoms with Gasteiger partial charge in [-0.05, 0) is 43.7 Å². The van der Waals surface area contributed by atoms with Crippen LogP contribution >= 0.6 is 0 Å². The van der Waals surface area contributed by atoms with E-state index in [2.05, 4.69) is 31.0 Å². The van der Waals surface area contributed by atoms with Crippen LogP contribution < -0.4 is 5.32 Å². The van der Waals surface area contributed by atoms with Crippen molar-refractivity contribution in [3.8, 4) is 0 Å². The minimum atomic E-state index is 0.464. The van der Waals surface area contributed by atoms with Gasteiger partial charge in [-0.2, -0.15) is 0 Å². The molecule has 3 fully saturated rings. The molecule has 0 aromatic rings. The highest BCUT2D eigenvalue weighted by Gasteiger charge is 2.34. The summed E-state index contributed by atoms with van der Waals surface area (Å²) in [6, 6.07) is 0.776. The van der Waals surface area contributed by atoms with Crippen LogP contribution in [-0.2, 0) is 0 Å². The molecule has 2 bridgehead atoms. The van der Waals surface area contributed by atoms with Crippen LogP contribution in [-0.4, -0.2) is 37.1 Å². The van der Waals surface area contributed by atoms with Crippen LogP contribution in [0.1, 0.15) is 40.0 Å². The molecule has 15 heavy (non-hydrogen) atoms. The quantitative estimate of drug-likeness (QED) is 0.764. The van der Waals surface area contributed by atoms with E-state index in [1.807, 2.05) is 0 Å². The van der Waals surface area contributed by atoms with Crippen LogP contribution in [0.2, 0.25) is 0 Å². The van der Waals surface area contributed by atoms with Crippen molar-refractivity contribution in [2.24, 2.45) is 11.3 Å². The molecule has 0 saturated carbocycles. The summed E-state index contributed by atoms with van der Waals surface area (Å²) in [4.78, 5) is 2.62. The SMILES string of the molecule is CCC(C)(C)CNC1CN2CCC1CC2. The van der Waals surface area contributed by atoms with Crippen molar-refractivity contribution in [1.82, 2.24) is 10.2 Å². The molecule has 1 unspecified atom stereocenters. The van der Waals surface area contributed by atoms with Gasteiger partial charge in [-0.3, -0.25) is 0 Å². The fourth-order valence-corrected chi connectivity index (χ4v) is 2.73. The first-order valence-corrected chi connectivity index (χ1v) is 6.56. The van der Waals surface area contributed by atoms with E-state index < -0.39 is 0 Å². The van der Waals surface area contributed by atoms with E-state index >= 15 is 0 Å². The van der Waals surface area contributed by atoms with Crippen molar-refractivity contribution in [2.45, 2.75) is 46.1 Å². The zero-order valence-electron chi connectivity index (χ0n) is 10.6. The number of nitrogens with zero attached hydrogens (tertiary/aromatic N) is 1. The molecule has 0 radical (unpaired) electrons. The normalized spacial score (nSPS) is 35.8. The highest BCUT2D eigenvalue weighted by molar-refractivity contribution is 4.91. The molecule has 0 aromatic heterocycles. The first-order chi connectivity index (χ1) is 7.11. The van der Waals surface area contributed by atoms with E-state index in [0.717, 1.165) is 12.0 Å². The lowest BCUT2D eigenvalue weighted by atomic mass is 9.83. The average molecular weight is 210 g/mol. The van der Waals surface area contributed by atoms with E-state index in [1.54, 1.807) is 0 Å². The molecule has 1 atom stereocenters. The molecule has 3 aliphatic rings. The van der Waals surface area contributed by atoms with Gasteiger partial charge >= 0.3 is 0 Å². The van der Waals surface area contributed by atoms with Crippen molar-refractivity contribution in [2.75, 3.05) is 26.2 Å². The van der Waals surface area contributed by atoms with E-state index in [9.17, 15) is 0 Å². The number of rotatable bonds is 4. The largest absolute Gasteiger partial charge is 0.312 e. The number of nitrogens with one attached hydrogen (secondary N) is 1. The van der Waals surface area contributed by atoms with E-state index in [0.29, 0.717) is 5.41 Å². The predicted octanol–water partition coefficient (Wildman–Crippen LogP) is 2.11. The van der Waals surface area contributed by atoms with Gasteiger partial charge in [0, 0.05) is 19.1 Å². The molecule has 1 N–H and O–H groups in total. The maximum Gasteiger partial charge on any atom is 0.0224 e. The Morgan fingerprint density at radius 3 is 2.40 bits per heavy atom. The summed E-state index contributed by atoms with van der Waals surface area (Å²) in [5, 5.41) is 3.80. The second-order valence-electron chi connectivity index (χ2n) is 6.14. The lowest BCUT2D eigenvalue weighted by molar-refractivity contribution is 0.0674. The Kier molecular flexibility index (Phi) is 3.36. The second-order valence-corrected chi connectivity index (χ2v) is 6.14. The monoisotopic (exact) mass is 210 g/mol. The smallest absolute Gasteiger partial charge is 0.0224 e. The van der Waals surface area contributed by atoms with Gasteiger partial charge in [-0.25, -0.2) is 0 Å². The first-order valence-electron chi connectivity index (χ1n) is 6.56. The van der Waals surface area contributed by atoms with Crippen LogP contribution in [0.3, 0.4) is 0 Å². The summed E-state index contributed by atoms with van der Waals surface area (Å²) in [5.74, 6) is 0.961. The Morgan fingerprint density at radius 1 is 1.27 bits per heavy atom. The number of hydrogen-bond donors (Lipinski definition) is 1. The number of fused-ring (bicyclic) bond motifs is 3. The summed E-state index contributed by atoms with van der Waals surface area (Å²) in [7, 11) is 0. The third-order valence-corrected chi connectivity index (χ3v) is 4.46. The van der Waals surface area contributed by atoms with Crippen LogP contribution in [0, 0.1) is 11.3 Å². The Hall–Kier alpha value is -0.0800. The molecule has 3 rings (SSSR count). The van der Waals surface area contributed by atoms with Gasteiger partial charge in [0.15, 0.2) is 0 Å². The summed E-state index contributed by atoms with van der Waals surface area (Å²) in [6.45, 7) is 12.2. The number of hydrogen-bond acceptors (Lipinski definition) is 2. The van der Waals surface area contributed by atoms with Crippen molar-refractivity contribution >= 4 is 0 Å². The van der Waals surface area contributed by atoms with Gasteiger partial charge < -0.3 is 10.2 Å². The Bertz CT molecular complexity index is 205. The van der Waals surface area contributed by atoms with E-state index in [-0.39, 0.29) is 0 Å². The molecule has 2 heteroatoms. The molecular formula is C13H26N2. The summed E-state index contributed by atoms with van der Waals surface area (Å²) < 4.78 is 0. The molecule has 0 amide bonds. The molecule has 2 nitrogen and oxygen atoms in total. The molecule has 88 valence electrons. The number of piperidine rings is 3. The van der Waals surface area contributed by atoms with Crippen LogP contribution in [0.15, 0.2) is 0 Å². The minimum Gasteiger partial charge on any atom is -0.312 e. The first kappa shape index (κ1) is 11.4. The highest BCUT2D eigenvalue weighted by atomic mass is 15.2. The Morgan fingerprint density at radius 2 is 1.93 bits per heavy atom.